The largest absolute Gasteiger partial charge is 0.848 e. The molecule has 2 heterocycles. The van der Waals surface area contributed by atoms with Crippen LogP contribution in [0.15, 0.2) is 64.8 Å². The number of aromatic carboxylic acids is 2. The maximum Gasteiger partial charge on any atom is 0.335 e. The summed E-state index contributed by atoms with van der Waals surface area (Å²) >= 11 is 0. The van der Waals surface area contributed by atoms with Crippen LogP contribution in [0.25, 0.3) is 0 Å². The van der Waals surface area contributed by atoms with Gasteiger partial charge in [-0.05, 0) is 59.2 Å². The number of aliphatic imine (C=N–C) groups is 1. The van der Waals surface area contributed by atoms with Gasteiger partial charge in [-0.2, -0.15) is 0 Å². The van der Waals surface area contributed by atoms with Gasteiger partial charge in [-0.15, -0.1) is 0 Å². The molecule has 8 heteroatoms. The molecule has 1 saturated carbocycles. The van der Waals surface area contributed by atoms with Gasteiger partial charge in [-0.3, -0.25) is 9.79 Å². The third-order valence-corrected chi connectivity index (χ3v) is 7.54. The number of fused-ring (bicyclic) bond motifs is 2. The lowest BCUT2D eigenvalue weighted by Crippen LogP contribution is -2.53. The van der Waals surface area contributed by atoms with E-state index in [4.69, 9.17) is 0 Å². The number of ketones is 1. The highest BCUT2D eigenvalue weighted by Crippen LogP contribution is 2.46. The predicted octanol–water partition coefficient (Wildman–Crippen LogP) is 3.59. The molecule has 3 N–H and O–H groups in total. The van der Waals surface area contributed by atoms with E-state index in [0.29, 0.717) is 17.1 Å². The second kappa shape index (κ2) is 7.73. The Hall–Kier alpha value is -4.04. The highest BCUT2D eigenvalue weighted by Gasteiger charge is 2.42. The molecule has 0 saturated heterocycles. The van der Waals surface area contributed by atoms with Crippen molar-refractivity contribution in [3.63, 3.8) is 0 Å². The molecule has 2 aromatic rings. The van der Waals surface area contributed by atoms with Crippen LogP contribution in [0.2, 0.25) is 0 Å². The fraction of sp³-hybridized carbons (Fsp3) is 0.286. The van der Waals surface area contributed by atoms with Gasteiger partial charge < -0.3 is 20.6 Å². The zero-order valence-corrected chi connectivity index (χ0v) is 20.2. The van der Waals surface area contributed by atoms with Crippen molar-refractivity contribution >= 4 is 34.8 Å². The fourth-order valence-corrected chi connectivity index (χ4v) is 5.10. The van der Waals surface area contributed by atoms with Crippen molar-refractivity contribution in [3.05, 3.63) is 82.1 Å². The molecule has 2 atom stereocenters. The molecule has 1 fully saturated rings. The number of hydrogen-bond donors (Lipinski definition) is 3. The second-order valence-corrected chi connectivity index (χ2v) is 10.5. The minimum Gasteiger partial charge on any atom is -0.848 e. The van der Waals surface area contributed by atoms with E-state index < -0.39 is 34.8 Å². The van der Waals surface area contributed by atoms with E-state index in [9.17, 15) is 29.7 Å². The van der Waals surface area contributed by atoms with Gasteiger partial charge in [0.15, 0.2) is 5.78 Å². The molecule has 2 aromatic carbocycles. The second-order valence-electron chi connectivity index (χ2n) is 10.5. The van der Waals surface area contributed by atoms with E-state index in [2.05, 4.69) is 10.3 Å². The van der Waals surface area contributed by atoms with E-state index in [-0.39, 0.29) is 22.5 Å². The smallest absolute Gasteiger partial charge is 0.335 e. The number of nitrogens with one attached hydrogen (secondary N) is 1. The number of allylic oxidation sites excluding steroid dienone is 2. The van der Waals surface area contributed by atoms with Crippen LogP contribution in [0.5, 0.6) is 0 Å². The first-order valence-corrected chi connectivity index (χ1v) is 11.6. The van der Waals surface area contributed by atoms with Gasteiger partial charge in [0.05, 0.1) is 22.5 Å². The highest BCUT2D eigenvalue weighted by molar-refractivity contribution is 6.16. The molecule has 8 nitrogen and oxygen atoms in total. The van der Waals surface area contributed by atoms with Gasteiger partial charge in [0.25, 0.3) is 0 Å². The molecule has 2 aliphatic heterocycles. The van der Waals surface area contributed by atoms with E-state index in [1.165, 1.54) is 12.1 Å². The lowest BCUT2D eigenvalue weighted by Gasteiger charge is -2.42. The molecular formula is C28H25N2O6-. The summed E-state index contributed by atoms with van der Waals surface area (Å²) in [5.74, 6) is -3.18. The van der Waals surface area contributed by atoms with Crippen LogP contribution >= 0.6 is 0 Å². The zero-order valence-electron chi connectivity index (χ0n) is 20.2. The number of benzene rings is 2. The number of nitrogens with zero attached hydrogens (tertiary/aromatic N) is 1. The van der Waals surface area contributed by atoms with Crippen molar-refractivity contribution in [2.75, 3.05) is 5.32 Å². The fourth-order valence-electron chi connectivity index (χ4n) is 5.10. The van der Waals surface area contributed by atoms with Crippen LogP contribution in [0.4, 0.5) is 11.4 Å². The Morgan fingerprint density at radius 2 is 1.58 bits per heavy atom. The summed E-state index contributed by atoms with van der Waals surface area (Å²) in [5, 5.41) is 35.0. The van der Waals surface area contributed by atoms with Crippen molar-refractivity contribution in [2.24, 2.45) is 10.9 Å². The number of carboxylic acid groups (broad SMARTS) is 2. The molecule has 0 radical (unpaired) electrons. The van der Waals surface area contributed by atoms with E-state index in [0.717, 1.165) is 16.8 Å². The summed E-state index contributed by atoms with van der Waals surface area (Å²) in [6.45, 7) is 7.61. The van der Waals surface area contributed by atoms with Crippen LogP contribution in [-0.4, -0.2) is 39.8 Å². The molecular weight excluding hydrogens is 460 g/mol. The Balaban J connectivity index is 1.41. The monoisotopic (exact) mass is 485 g/mol. The molecule has 184 valence electrons. The summed E-state index contributed by atoms with van der Waals surface area (Å²) in [5.41, 5.74) is 3.36. The quantitative estimate of drug-likeness (QED) is 0.563. The lowest BCUT2D eigenvalue weighted by atomic mass is 9.71. The minimum atomic E-state index is -1.27. The predicted molar refractivity (Wildman–Crippen MR) is 132 cm³/mol. The van der Waals surface area contributed by atoms with Crippen LogP contribution in [0.3, 0.4) is 0 Å². The van der Waals surface area contributed by atoms with Crippen molar-refractivity contribution in [3.8, 4) is 0 Å². The Kier molecular flexibility index (Phi) is 5.09. The number of anilines is 1. The number of Topliss-reactive ketones (excluding diaryl/α,β-unsaturated/α-hetero) is 1. The number of carbonyl (C=O) groups excluding carboxylic acids is 1. The highest BCUT2D eigenvalue weighted by atomic mass is 16.4. The lowest BCUT2D eigenvalue weighted by molar-refractivity contribution is -0.419. The third kappa shape index (κ3) is 3.40. The van der Waals surface area contributed by atoms with Crippen molar-refractivity contribution in [1.29, 1.82) is 0 Å². The van der Waals surface area contributed by atoms with Gasteiger partial charge >= 0.3 is 11.9 Å². The van der Waals surface area contributed by atoms with Gasteiger partial charge in [0, 0.05) is 28.1 Å². The van der Waals surface area contributed by atoms with Gasteiger partial charge in [-0.25, -0.2) is 9.59 Å². The van der Waals surface area contributed by atoms with Crippen LogP contribution in [0, 0.1) is 5.92 Å². The standard InChI is InChI=1S/C28H25N2O6/c1-27(2)17-9-13(25(33)34)5-7-19(17)29-21(27)11-15-23(31)16(24(15)32)12-22-28(3,4)18-10-14(26(35)36)6-8-20(18)30-22/h5-12,15,23,29H,1-4H3,(H,33,34)(H,35,36)/q-1/b16-12+,21-11-. The van der Waals surface area contributed by atoms with Gasteiger partial charge in [0.1, 0.15) is 0 Å². The molecule has 0 aromatic heterocycles. The molecule has 0 bridgehead atoms. The third-order valence-electron chi connectivity index (χ3n) is 7.54. The van der Waals surface area contributed by atoms with Crippen molar-refractivity contribution in [2.45, 2.75) is 44.6 Å². The summed E-state index contributed by atoms with van der Waals surface area (Å²) in [4.78, 5) is 40.4. The maximum absolute atomic E-state index is 13.1. The number of hydrogen-bond acceptors (Lipinski definition) is 6. The topological polar surface area (TPSA) is 139 Å². The van der Waals surface area contributed by atoms with Crippen molar-refractivity contribution < 1.29 is 29.7 Å². The SMILES string of the molecule is CC1(C)C(/C=C2/C(=O)C(/C=C3\Nc4ccc(C(=O)O)cc4C3(C)C)C2[O-])=Nc2ccc(C(=O)O)cc21. The van der Waals surface area contributed by atoms with Gasteiger partial charge in [0.2, 0.25) is 0 Å². The average molecular weight is 486 g/mol. The summed E-state index contributed by atoms with van der Waals surface area (Å²) in [7, 11) is 0. The van der Waals surface area contributed by atoms with Gasteiger partial charge in [-0.1, -0.05) is 39.9 Å². The zero-order chi connectivity index (χ0) is 26.2. The van der Waals surface area contributed by atoms with Crippen molar-refractivity contribution in [1.82, 2.24) is 0 Å². The summed E-state index contributed by atoms with van der Waals surface area (Å²) < 4.78 is 0. The first kappa shape index (κ1) is 23.7. The molecule has 5 rings (SSSR count). The first-order chi connectivity index (χ1) is 16.8. The summed E-state index contributed by atoms with van der Waals surface area (Å²) in [6.07, 6.45) is 1.95. The molecule has 36 heavy (non-hydrogen) atoms. The van der Waals surface area contributed by atoms with Crippen LogP contribution in [0.1, 0.15) is 59.5 Å². The maximum atomic E-state index is 13.1. The molecule has 3 aliphatic rings. The van der Waals surface area contributed by atoms with E-state index >= 15 is 0 Å². The minimum absolute atomic E-state index is 0.149. The van der Waals surface area contributed by atoms with E-state index in [1.54, 1.807) is 36.4 Å². The average Bonchev–Trinajstić information content (AvgIpc) is 3.23. The normalized spacial score (nSPS) is 25.1. The number of carboxylic acids is 2. The van der Waals surface area contributed by atoms with Crippen LogP contribution < -0.4 is 10.4 Å². The summed E-state index contributed by atoms with van der Waals surface area (Å²) in [6, 6.07) is 9.52. The molecule has 1 aliphatic carbocycles. The Labute approximate surface area is 207 Å². The first-order valence-electron chi connectivity index (χ1n) is 11.6. The Morgan fingerprint density at radius 3 is 2.19 bits per heavy atom. The molecule has 2 unspecified atom stereocenters. The van der Waals surface area contributed by atoms with Crippen LogP contribution in [-0.2, 0) is 15.6 Å². The number of rotatable bonds is 4. The molecule has 0 amide bonds. The number of carbonyl (C=O) groups is 3. The Bertz CT molecular complexity index is 1460. The Morgan fingerprint density at radius 1 is 0.972 bits per heavy atom. The van der Waals surface area contributed by atoms with E-state index in [1.807, 2.05) is 27.7 Å². The molecule has 0 spiro atoms.